The summed E-state index contributed by atoms with van der Waals surface area (Å²) < 4.78 is 24.4. The Morgan fingerprint density at radius 1 is 1.13 bits per heavy atom. The molecule has 0 spiro atoms. The van der Waals surface area contributed by atoms with Gasteiger partial charge in [-0.3, -0.25) is 9.59 Å². The molecule has 4 rings (SSSR count). The molecule has 2 aliphatic rings. The van der Waals surface area contributed by atoms with Crippen molar-refractivity contribution in [3.05, 3.63) is 59.7 Å². The van der Waals surface area contributed by atoms with Gasteiger partial charge in [-0.15, -0.1) is 0 Å². The van der Waals surface area contributed by atoms with Crippen LogP contribution in [0.25, 0.3) is 0 Å². The van der Waals surface area contributed by atoms with Crippen molar-refractivity contribution in [2.45, 2.75) is 30.2 Å². The molecule has 1 fully saturated rings. The Bertz CT molecular complexity index is 1080. The van der Waals surface area contributed by atoms with Crippen molar-refractivity contribution in [2.24, 2.45) is 0 Å². The van der Waals surface area contributed by atoms with E-state index in [9.17, 15) is 18.0 Å². The van der Waals surface area contributed by atoms with Gasteiger partial charge in [-0.25, -0.2) is 8.42 Å². The van der Waals surface area contributed by atoms with Gasteiger partial charge in [0.05, 0.1) is 23.0 Å². The lowest BCUT2D eigenvalue weighted by Crippen LogP contribution is -2.39. The SMILES string of the molecule is CN(C(=O)Cc1ccc2c(c1)NC(=O)CS2(=O)=O)[C@H](CN1CCCC1)c1ccccc1. The number of amides is 2. The maximum Gasteiger partial charge on any atom is 0.239 e. The lowest BCUT2D eigenvalue weighted by atomic mass is 10.0. The van der Waals surface area contributed by atoms with Crippen LogP contribution in [0.4, 0.5) is 5.69 Å². The summed E-state index contributed by atoms with van der Waals surface area (Å²) in [6, 6.07) is 14.7. The molecule has 0 aromatic heterocycles. The van der Waals surface area contributed by atoms with Crippen molar-refractivity contribution in [3.8, 4) is 0 Å². The molecule has 164 valence electrons. The van der Waals surface area contributed by atoms with Crippen LogP contribution in [0.5, 0.6) is 0 Å². The van der Waals surface area contributed by atoms with Crippen molar-refractivity contribution in [2.75, 3.05) is 37.8 Å². The number of nitrogens with zero attached hydrogens (tertiary/aromatic N) is 2. The van der Waals surface area contributed by atoms with Crippen molar-refractivity contribution in [1.82, 2.24) is 9.80 Å². The number of anilines is 1. The van der Waals surface area contributed by atoms with E-state index in [1.165, 1.54) is 18.9 Å². The third kappa shape index (κ3) is 4.80. The fourth-order valence-corrected chi connectivity index (χ4v) is 5.60. The van der Waals surface area contributed by atoms with E-state index in [1.54, 1.807) is 17.0 Å². The second-order valence-corrected chi connectivity index (χ2v) is 10.2. The molecular formula is C23H27N3O4S. The number of hydrogen-bond donors (Lipinski definition) is 1. The molecule has 1 N–H and O–H groups in total. The molecule has 1 atom stereocenters. The van der Waals surface area contributed by atoms with E-state index in [0.29, 0.717) is 5.56 Å². The van der Waals surface area contributed by atoms with Crippen LogP contribution < -0.4 is 5.32 Å². The van der Waals surface area contributed by atoms with E-state index < -0.39 is 21.5 Å². The molecule has 2 heterocycles. The van der Waals surface area contributed by atoms with Crippen molar-refractivity contribution >= 4 is 27.3 Å². The molecular weight excluding hydrogens is 414 g/mol. The van der Waals surface area contributed by atoms with Crippen LogP contribution in [0.2, 0.25) is 0 Å². The highest BCUT2D eigenvalue weighted by Gasteiger charge is 2.30. The highest BCUT2D eigenvalue weighted by atomic mass is 32.2. The molecule has 0 saturated carbocycles. The van der Waals surface area contributed by atoms with Gasteiger partial charge in [-0.2, -0.15) is 0 Å². The zero-order chi connectivity index (χ0) is 22.0. The normalized spacial score (nSPS) is 18.8. The van der Waals surface area contributed by atoms with E-state index >= 15 is 0 Å². The van der Waals surface area contributed by atoms with Gasteiger partial charge in [0.25, 0.3) is 0 Å². The first kappa shape index (κ1) is 21.5. The molecule has 0 bridgehead atoms. The Balaban J connectivity index is 1.53. The molecule has 0 unspecified atom stereocenters. The molecule has 0 aliphatic carbocycles. The summed E-state index contributed by atoms with van der Waals surface area (Å²) in [4.78, 5) is 29.2. The third-order valence-corrected chi connectivity index (χ3v) is 7.67. The molecule has 2 amide bonds. The highest BCUT2D eigenvalue weighted by molar-refractivity contribution is 7.92. The van der Waals surface area contributed by atoms with Crippen molar-refractivity contribution in [3.63, 3.8) is 0 Å². The number of fused-ring (bicyclic) bond motifs is 1. The van der Waals surface area contributed by atoms with E-state index in [0.717, 1.165) is 25.2 Å². The first-order valence-corrected chi connectivity index (χ1v) is 12.2. The van der Waals surface area contributed by atoms with Crippen molar-refractivity contribution < 1.29 is 18.0 Å². The zero-order valence-electron chi connectivity index (χ0n) is 17.6. The van der Waals surface area contributed by atoms with E-state index in [4.69, 9.17) is 0 Å². The summed E-state index contributed by atoms with van der Waals surface area (Å²) in [7, 11) is -1.81. The van der Waals surface area contributed by atoms with Gasteiger partial charge in [-0.05, 0) is 49.2 Å². The van der Waals surface area contributed by atoms with Crippen LogP contribution in [-0.4, -0.2) is 62.5 Å². The van der Waals surface area contributed by atoms with Crippen molar-refractivity contribution in [1.29, 1.82) is 0 Å². The second kappa shape index (κ2) is 8.80. The Morgan fingerprint density at radius 3 is 2.55 bits per heavy atom. The average Bonchev–Trinajstić information content (AvgIpc) is 3.24. The smallest absolute Gasteiger partial charge is 0.239 e. The molecule has 1 saturated heterocycles. The predicted molar refractivity (Wildman–Crippen MR) is 118 cm³/mol. The van der Waals surface area contributed by atoms with E-state index in [2.05, 4.69) is 10.2 Å². The van der Waals surface area contributed by atoms with Crippen LogP contribution in [0.3, 0.4) is 0 Å². The summed E-state index contributed by atoms with van der Waals surface area (Å²) in [5.74, 6) is -1.16. The minimum Gasteiger partial charge on any atom is -0.337 e. The van der Waals surface area contributed by atoms with Crippen LogP contribution in [-0.2, 0) is 25.8 Å². The molecule has 31 heavy (non-hydrogen) atoms. The first-order valence-electron chi connectivity index (χ1n) is 10.5. The van der Waals surface area contributed by atoms with Crippen LogP contribution >= 0.6 is 0 Å². The fraction of sp³-hybridized carbons (Fsp3) is 0.391. The second-order valence-electron chi connectivity index (χ2n) is 8.25. The quantitative estimate of drug-likeness (QED) is 0.743. The van der Waals surface area contributed by atoms with Gasteiger partial charge in [-0.1, -0.05) is 36.4 Å². The van der Waals surface area contributed by atoms with Gasteiger partial charge in [0.2, 0.25) is 11.8 Å². The monoisotopic (exact) mass is 441 g/mol. The minimum absolute atomic E-state index is 0.0574. The number of rotatable bonds is 6. The molecule has 2 aromatic carbocycles. The first-order chi connectivity index (χ1) is 14.8. The largest absolute Gasteiger partial charge is 0.337 e. The number of benzene rings is 2. The van der Waals surface area contributed by atoms with Gasteiger partial charge in [0, 0.05) is 13.6 Å². The molecule has 8 heteroatoms. The summed E-state index contributed by atoms with van der Waals surface area (Å²) in [5.41, 5.74) is 2.01. The average molecular weight is 442 g/mol. The topological polar surface area (TPSA) is 86.8 Å². The maximum absolute atomic E-state index is 13.2. The van der Waals surface area contributed by atoms with Gasteiger partial charge < -0.3 is 15.1 Å². The lowest BCUT2D eigenvalue weighted by molar-refractivity contribution is -0.131. The number of likely N-dealkylation sites (tertiary alicyclic amines) is 1. The van der Waals surface area contributed by atoms with E-state index in [-0.39, 0.29) is 29.0 Å². The lowest BCUT2D eigenvalue weighted by Gasteiger charge is -2.32. The summed E-state index contributed by atoms with van der Waals surface area (Å²) >= 11 is 0. The standard InChI is InChI=1S/C23H27N3O4S/c1-25(20(15-26-11-5-6-12-26)18-7-3-2-4-8-18)23(28)14-17-9-10-21-19(13-17)24-22(27)16-31(21,29)30/h2-4,7-10,13,20H,5-6,11-12,14-16H2,1H3,(H,24,27)/t20-/m1/s1. The number of carbonyl (C=O) groups is 2. The maximum atomic E-state index is 13.2. The number of hydrogen-bond acceptors (Lipinski definition) is 5. The van der Waals surface area contributed by atoms with Crippen LogP contribution in [0, 0.1) is 0 Å². The Kier molecular flexibility index (Phi) is 6.11. The molecule has 0 radical (unpaired) electrons. The Morgan fingerprint density at radius 2 is 1.84 bits per heavy atom. The molecule has 2 aromatic rings. The number of nitrogens with one attached hydrogen (secondary N) is 1. The Hall–Kier alpha value is -2.71. The highest BCUT2D eigenvalue weighted by Crippen LogP contribution is 2.29. The van der Waals surface area contributed by atoms with Crippen LogP contribution in [0.1, 0.15) is 30.0 Å². The van der Waals surface area contributed by atoms with Gasteiger partial charge in [0.1, 0.15) is 5.75 Å². The third-order valence-electron chi connectivity index (χ3n) is 6.00. The summed E-state index contributed by atoms with van der Waals surface area (Å²) in [6.45, 7) is 2.87. The van der Waals surface area contributed by atoms with Gasteiger partial charge >= 0.3 is 0 Å². The minimum atomic E-state index is -3.63. The summed E-state index contributed by atoms with van der Waals surface area (Å²) in [6.07, 6.45) is 2.49. The molecule has 7 nitrogen and oxygen atoms in total. The number of carbonyl (C=O) groups excluding carboxylic acids is 2. The summed E-state index contributed by atoms with van der Waals surface area (Å²) in [5, 5.41) is 2.61. The molecule has 2 aliphatic heterocycles. The predicted octanol–water partition coefficient (Wildman–Crippen LogP) is 2.25. The zero-order valence-corrected chi connectivity index (χ0v) is 18.4. The number of likely N-dealkylation sites (N-methyl/N-ethyl adjacent to an activating group) is 1. The van der Waals surface area contributed by atoms with Gasteiger partial charge in [0.15, 0.2) is 9.84 Å². The fourth-order valence-electron chi connectivity index (χ4n) is 4.30. The van der Waals surface area contributed by atoms with E-state index in [1.807, 2.05) is 37.4 Å². The Labute approximate surface area is 183 Å². The number of sulfone groups is 1. The van der Waals surface area contributed by atoms with Crippen LogP contribution in [0.15, 0.2) is 53.4 Å².